The van der Waals surface area contributed by atoms with Crippen LogP contribution in [0.25, 0.3) is 0 Å². The summed E-state index contributed by atoms with van der Waals surface area (Å²) in [5.74, 6) is -0.278. The zero-order valence-corrected chi connectivity index (χ0v) is 9.84. The monoisotopic (exact) mass is 245 g/mol. The van der Waals surface area contributed by atoms with E-state index in [0.29, 0.717) is 18.1 Å². The smallest absolute Gasteiger partial charge is 0.405 e. The van der Waals surface area contributed by atoms with Gasteiger partial charge in [-0.3, -0.25) is 9.69 Å². The Labute approximate surface area is 99.0 Å². The van der Waals surface area contributed by atoms with Crippen molar-refractivity contribution in [3.8, 4) is 0 Å². The van der Waals surface area contributed by atoms with Gasteiger partial charge in [-0.25, -0.2) is 4.79 Å². The van der Waals surface area contributed by atoms with Crippen LogP contribution < -0.4 is 10.6 Å². The van der Waals surface area contributed by atoms with Crippen molar-refractivity contribution in [2.75, 3.05) is 13.6 Å². The van der Waals surface area contributed by atoms with E-state index in [4.69, 9.17) is 17.3 Å². The first-order chi connectivity index (χ1) is 7.56. The third-order valence-corrected chi connectivity index (χ3v) is 2.87. The lowest BCUT2D eigenvalue weighted by Gasteiger charge is -2.24. The van der Waals surface area contributed by atoms with Crippen molar-refractivity contribution in [3.63, 3.8) is 0 Å². The zero-order chi connectivity index (χ0) is 12.1. The van der Waals surface area contributed by atoms with Crippen LogP contribution in [0.4, 0.5) is 4.79 Å². The minimum atomic E-state index is -1.18. The van der Waals surface area contributed by atoms with Gasteiger partial charge in [0.2, 0.25) is 0 Å². The summed E-state index contributed by atoms with van der Waals surface area (Å²) in [4.78, 5) is 23.9. The number of carbonyl (C=O) groups excluding carboxylic acids is 1. The average molecular weight is 245 g/mol. The van der Waals surface area contributed by atoms with E-state index in [1.807, 2.05) is 0 Å². The molecule has 6 nitrogen and oxygen atoms in total. The number of thiocarbonyl (C=S) groups is 1. The Bertz CT molecular complexity index is 308. The zero-order valence-electron chi connectivity index (χ0n) is 9.02. The van der Waals surface area contributed by atoms with Crippen LogP contribution in [0.1, 0.15) is 19.3 Å². The van der Waals surface area contributed by atoms with Crippen molar-refractivity contribution in [3.05, 3.63) is 0 Å². The maximum Gasteiger partial charge on any atom is 0.405 e. The number of hydrogen-bond acceptors (Lipinski definition) is 3. The van der Waals surface area contributed by atoms with Gasteiger partial charge in [0, 0.05) is 13.6 Å². The first-order valence-electron chi connectivity index (χ1n) is 5.09. The van der Waals surface area contributed by atoms with Gasteiger partial charge in [-0.15, -0.1) is 0 Å². The van der Waals surface area contributed by atoms with Crippen LogP contribution in [0.2, 0.25) is 0 Å². The summed E-state index contributed by atoms with van der Waals surface area (Å²) in [7, 11) is 1.64. The second kappa shape index (κ2) is 5.64. The molecule has 1 heterocycles. The van der Waals surface area contributed by atoms with Crippen LogP contribution in [-0.2, 0) is 4.79 Å². The molecule has 0 spiro atoms. The third-order valence-electron chi connectivity index (χ3n) is 2.45. The van der Waals surface area contributed by atoms with Gasteiger partial charge in [0.1, 0.15) is 6.04 Å². The van der Waals surface area contributed by atoms with E-state index in [0.717, 1.165) is 12.8 Å². The summed E-state index contributed by atoms with van der Waals surface area (Å²) < 4.78 is 0. The summed E-state index contributed by atoms with van der Waals surface area (Å²) in [6, 6.07) is -0.689. The molecule has 0 saturated carbocycles. The molecule has 1 fully saturated rings. The molecule has 0 bridgehead atoms. The third kappa shape index (κ3) is 3.06. The van der Waals surface area contributed by atoms with Gasteiger partial charge < -0.3 is 15.7 Å². The van der Waals surface area contributed by atoms with Gasteiger partial charge in [-0.2, -0.15) is 0 Å². The van der Waals surface area contributed by atoms with Crippen molar-refractivity contribution >= 4 is 29.3 Å². The van der Waals surface area contributed by atoms with Crippen LogP contribution >= 0.6 is 12.2 Å². The van der Waals surface area contributed by atoms with Crippen molar-refractivity contribution in [2.24, 2.45) is 0 Å². The molecule has 1 aliphatic heterocycles. The van der Waals surface area contributed by atoms with E-state index in [-0.39, 0.29) is 5.91 Å². The fraction of sp³-hybridized carbons (Fsp3) is 0.667. The highest BCUT2D eigenvalue weighted by Gasteiger charge is 2.29. The lowest BCUT2D eigenvalue weighted by atomic mass is 10.1. The topological polar surface area (TPSA) is 81.7 Å². The lowest BCUT2D eigenvalue weighted by molar-refractivity contribution is -0.129. The quantitative estimate of drug-likeness (QED) is 0.572. The Kier molecular flexibility index (Phi) is 4.48. The fourth-order valence-corrected chi connectivity index (χ4v) is 1.84. The van der Waals surface area contributed by atoms with E-state index < -0.39 is 12.1 Å². The van der Waals surface area contributed by atoms with Crippen molar-refractivity contribution in [1.82, 2.24) is 15.5 Å². The SMILES string of the molecule is CNC(=S)N1CCCC[C@H](NC(=O)O)C1=O. The van der Waals surface area contributed by atoms with Crippen LogP contribution in [0, 0.1) is 0 Å². The maximum atomic E-state index is 12.0. The summed E-state index contributed by atoms with van der Waals surface area (Å²) in [5.41, 5.74) is 0. The number of carboxylic acid groups (broad SMARTS) is 1. The highest BCUT2D eigenvalue weighted by molar-refractivity contribution is 7.80. The second-order valence-electron chi connectivity index (χ2n) is 3.54. The Morgan fingerprint density at radius 3 is 2.81 bits per heavy atom. The summed E-state index contributed by atoms with van der Waals surface area (Å²) in [6.45, 7) is 0.538. The van der Waals surface area contributed by atoms with E-state index >= 15 is 0 Å². The van der Waals surface area contributed by atoms with Gasteiger partial charge >= 0.3 is 6.09 Å². The van der Waals surface area contributed by atoms with Crippen LogP contribution in [0.3, 0.4) is 0 Å². The predicted octanol–water partition coefficient (Wildman–Crippen LogP) is 0.139. The number of carbonyl (C=O) groups is 2. The molecule has 7 heteroatoms. The predicted molar refractivity (Wildman–Crippen MR) is 62.2 cm³/mol. The second-order valence-corrected chi connectivity index (χ2v) is 3.93. The van der Waals surface area contributed by atoms with Gasteiger partial charge in [0.05, 0.1) is 0 Å². The molecule has 0 unspecified atom stereocenters. The van der Waals surface area contributed by atoms with Gasteiger partial charge in [0.25, 0.3) is 5.91 Å². The fourth-order valence-electron chi connectivity index (χ4n) is 1.66. The largest absolute Gasteiger partial charge is 0.465 e. The summed E-state index contributed by atoms with van der Waals surface area (Å²) in [5, 5.41) is 13.9. The molecule has 1 atom stereocenters. The molecule has 0 radical (unpaired) electrons. The van der Waals surface area contributed by atoms with E-state index in [2.05, 4.69) is 10.6 Å². The maximum absolute atomic E-state index is 12.0. The molecule has 0 aliphatic carbocycles. The number of rotatable bonds is 1. The Morgan fingerprint density at radius 2 is 2.25 bits per heavy atom. The molecular weight excluding hydrogens is 230 g/mol. The Balaban J connectivity index is 2.75. The first-order valence-corrected chi connectivity index (χ1v) is 5.49. The minimum Gasteiger partial charge on any atom is -0.465 e. The lowest BCUT2D eigenvalue weighted by Crippen LogP contribution is -2.51. The minimum absolute atomic E-state index is 0.278. The standard InChI is InChI=1S/C9H15N3O3S/c1-10-8(16)12-5-3-2-4-6(7(12)13)11-9(14)15/h6,11H,2-5H2,1H3,(H,10,16)(H,14,15)/t6-/m0/s1. The molecule has 0 aromatic heterocycles. The molecule has 0 aromatic carbocycles. The molecule has 3 N–H and O–H groups in total. The van der Waals surface area contributed by atoms with Crippen LogP contribution in [0.15, 0.2) is 0 Å². The highest BCUT2D eigenvalue weighted by atomic mass is 32.1. The van der Waals surface area contributed by atoms with Crippen molar-refractivity contribution in [1.29, 1.82) is 0 Å². The Morgan fingerprint density at radius 1 is 1.56 bits per heavy atom. The van der Waals surface area contributed by atoms with Gasteiger partial charge in [-0.05, 0) is 31.5 Å². The number of nitrogens with one attached hydrogen (secondary N) is 2. The summed E-state index contributed by atoms with van der Waals surface area (Å²) >= 11 is 5.00. The van der Waals surface area contributed by atoms with E-state index in [9.17, 15) is 9.59 Å². The van der Waals surface area contributed by atoms with Gasteiger partial charge in [0.15, 0.2) is 5.11 Å². The molecule has 1 rings (SSSR count). The number of amides is 2. The number of likely N-dealkylation sites (tertiary alicyclic amines) is 1. The molecule has 2 amide bonds. The number of nitrogens with zero attached hydrogens (tertiary/aromatic N) is 1. The molecular formula is C9H15N3O3S. The highest BCUT2D eigenvalue weighted by Crippen LogP contribution is 2.12. The van der Waals surface area contributed by atoms with Crippen molar-refractivity contribution in [2.45, 2.75) is 25.3 Å². The molecule has 1 saturated heterocycles. The molecule has 0 aromatic rings. The Hall–Kier alpha value is -1.37. The van der Waals surface area contributed by atoms with E-state index in [1.165, 1.54) is 4.90 Å². The van der Waals surface area contributed by atoms with E-state index in [1.54, 1.807) is 7.05 Å². The number of hydrogen-bond donors (Lipinski definition) is 3. The first kappa shape index (κ1) is 12.7. The molecule has 90 valence electrons. The van der Waals surface area contributed by atoms with Crippen LogP contribution in [0.5, 0.6) is 0 Å². The molecule has 16 heavy (non-hydrogen) atoms. The average Bonchev–Trinajstić information content (AvgIpc) is 2.41. The van der Waals surface area contributed by atoms with Crippen LogP contribution in [-0.4, -0.2) is 46.8 Å². The van der Waals surface area contributed by atoms with Gasteiger partial charge in [-0.1, -0.05) is 0 Å². The normalized spacial score (nSPS) is 21.2. The van der Waals surface area contributed by atoms with Crippen molar-refractivity contribution < 1.29 is 14.7 Å². The molecule has 1 aliphatic rings. The summed E-state index contributed by atoms with van der Waals surface area (Å²) in [6.07, 6.45) is 0.967.